The SMILES string of the molecule is CCCn1cc(CNCC2(SC)CCC2)cn1. The number of rotatable bonds is 7. The van der Waals surface area contributed by atoms with Gasteiger partial charge in [0.05, 0.1) is 6.20 Å². The van der Waals surface area contributed by atoms with Gasteiger partial charge in [-0.2, -0.15) is 16.9 Å². The van der Waals surface area contributed by atoms with Crippen molar-refractivity contribution < 1.29 is 0 Å². The van der Waals surface area contributed by atoms with E-state index in [1.54, 1.807) is 0 Å². The highest BCUT2D eigenvalue weighted by Gasteiger charge is 2.35. The zero-order chi connectivity index (χ0) is 12.1. The van der Waals surface area contributed by atoms with Gasteiger partial charge in [0.1, 0.15) is 0 Å². The Hall–Kier alpha value is -0.480. The molecule has 1 aliphatic rings. The molecule has 3 nitrogen and oxygen atoms in total. The van der Waals surface area contributed by atoms with Crippen LogP contribution in [0.3, 0.4) is 0 Å². The van der Waals surface area contributed by atoms with Gasteiger partial charge in [-0.1, -0.05) is 13.3 Å². The predicted molar refractivity (Wildman–Crippen MR) is 74.3 cm³/mol. The Balaban J connectivity index is 1.73. The van der Waals surface area contributed by atoms with Crippen LogP contribution in [-0.4, -0.2) is 27.3 Å². The molecule has 0 atom stereocenters. The maximum atomic E-state index is 4.35. The van der Waals surface area contributed by atoms with Crippen molar-refractivity contribution in [3.8, 4) is 0 Å². The lowest BCUT2D eigenvalue weighted by Gasteiger charge is -2.40. The Morgan fingerprint density at radius 1 is 1.53 bits per heavy atom. The largest absolute Gasteiger partial charge is 0.311 e. The molecule has 1 heterocycles. The average molecular weight is 253 g/mol. The summed E-state index contributed by atoms with van der Waals surface area (Å²) in [5, 5.41) is 7.92. The summed E-state index contributed by atoms with van der Waals surface area (Å²) in [5.41, 5.74) is 1.30. The van der Waals surface area contributed by atoms with Gasteiger partial charge in [-0.15, -0.1) is 0 Å². The summed E-state index contributed by atoms with van der Waals surface area (Å²) in [6.07, 6.45) is 11.7. The van der Waals surface area contributed by atoms with Gasteiger partial charge in [0.25, 0.3) is 0 Å². The Labute approximate surface area is 108 Å². The molecule has 0 spiro atoms. The summed E-state index contributed by atoms with van der Waals surface area (Å²) >= 11 is 2.02. The molecular formula is C13H23N3S. The molecule has 2 rings (SSSR count). The monoisotopic (exact) mass is 253 g/mol. The third-order valence-corrected chi connectivity index (χ3v) is 5.03. The van der Waals surface area contributed by atoms with Gasteiger partial charge in [-0.25, -0.2) is 0 Å². The van der Waals surface area contributed by atoms with Gasteiger partial charge < -0.3 is 5.32 Å². The van der Waals surface area contributed by atoms with Crippen molar-refractivity contribution in [2.45, 2.75) is 50.4 Å². The van der Waals surface area contributed by atoms with E-state index < -0.39 is 0 Å². The topological polar surface area (TPSA) is 29.9 Å². The number of nitrogens with one attached hydrogen (secondary N) is 1. The fourth-order valence-electron chi connectivity index (χ4n) is 2.31. The second kappa shape index (κ2) is 5.91. The molecule has 1 aliphatic carbocycles. The third-order valence-electron chi connectivity index (χ3n) is 3.61. The van der Waals surface area contributed by atoms with Crippen LogP contribution in [-0.2, 0) is 13.1 Å². The molecule has 0 amide bonds. The highest BCUT2D eigenvalue weighted by atomic mass is 32.2. The molecule has 1 saturated carbocycles. The fraction of sp³-hybridized carbons (Fsp3) is 0.769. The van der Waals surface area contributed by atoms with E-state index in [4.69, 9.17) is 0 Å². The summed E-state index contributed by atoms with van der Waals surface area (Å²) in [4.78, 5) is 0. The maximum absolute atomic E-state index is 4.35. The third kappa shape index (κ3) is 3.26. The number of aromatic nitrogens is 2. The van der Waals surface area contributed by atoms with Gasteiger partial charge in [-0.3, -0.25) is 4.68 Å². The van der Waals surface area contributed by atoms with Gasteiger partial charge in [0.2, 0.25) is 0 Å². The summed E-state index contributed by atoms with van der Waals surface area (Å²) in [5.74, 6) is 0. The zero-order valence-electron chi connectivity index (χ0n) is 10.9. The smallest absolute Gasteiger partial charge is 0.0534 e. The van der Waals surface area contributed by atoms with Crippen molar-refractivity contribution in [3.05, 3.63) is 18.0 Å². The van der Waals surface area contributed by atoms with E-state index in [0.29, 0.717) is 4.75 Å². The van der Waals surface area contributed by atoms with Gasteiger partial charge >= 0.3 is 0 Å². The molecule has 0 aromatic carbocycles. The molecule has 1 N–H and O–H groups in total. The molecule has 96 valence electrons. The number of thioether (sulfide) groups is 1. The van der Waals surface area contributed by atoms with E-state index in [1.807, 2.05) is 22.6 Å². The highest BCUT2D eigenvalue weighted by molar-refractivity contribution is 8.00. The van der Waals surface area contributed by atoms with Crippen LogP contribution < -0.4 is 5.32 Å². The second-order valence-corrected chi connectivity index (χ2v) is 6.23. The van der Waals surface area contributed by atoms with Crippen LogP contribution >= 0.6 is 11.8 Å². The molecule has 0 saturated heterocycles. The molecule has 0 bridgehead atoms. The lowest BCUT2D eigenvalue weighted by atomic mass is 9.84. The van der Waals surface area contributed by atoms with E-state index in [9.17, 15) is 0 Å². The summed E-state index contributed by atoms with van der Waals surface area (Å²) < 4.78 is 2.56. The molecule has 1 aromatic heterocycles. The number of aryl methyl sites for hydroxylation is 1. The van der Waals surface area contributed by atoms with Crippen LogP contribution in [0.4, 0.5) is 0 Å². The Morgan fingerprint density at radius 3 is 2.94 bits per heavy atom. The van der Waals surface area contributed by atoms with E-state index in [2.05, 4.69) is 29.8 Å². The molecule has 1 fully saturated rings. The van der Waals surface area contributed by atoms with Crippen LogP contribution in [0, 0.1) is 0 Å². The highest BCUT2D eigenvalue weighted by Crippen LogP contribution is 2.42. The average Bonchev–Trinajstić information content (AvgIpc) is 2.71. The first-order valence-corrected chi connectivity index (χ1v) is 7.78. The summed E-state index contributed by atoms with van der Waals surface area (Å²) in [6, 6.07) is 0. The van der Waals surface area contributed by atoms with Crippen molar-refractivity contribution in [2.75, 3.05) is 12.8 Å². The fourth-order valence-corrected chi connectivity index (χ4v) is 3.25. The lowest BCUT2D eigenvalue weighted by Crippen LogP contribution is -2.43. The predicted octanol–water partition coefficient (Wildman–Crippen LogP) is 2.67. The normalized spacial score (nSPS) is 18.0. The standard InChI is InChI=1S/C13H23N3S/c1-3-7-16-10-12(9-15-16)8-14-11-13(17-2)5-4-6-13/h9-10,14H,3-8,11H2,1-2H3. The Morgan fingerprint density at radius 2 is 2.35 bits per heavy atom. The maximum Gasteiger partial charge on any atom is 0.0534 e. The van der Waals surface area contributed by atoms with Crippen LogP contribution in [0.15, 0.2) is 12.4 Å². The van der Waals surface area contributed by atoms with Gasteiger partial charge in [0.15, 0.2) is 0 Å². The molecule has 0 radical (unpaired) electrons. The minimum atomic E-state index is 0.527. The first-order chi connectivity index (χ1) is 8.28. The van der Waals surface area contributed by atoms with E-state index >= 15 is 0 Å². The van der Waals surface area contributed by atoms with Crippen molar-refractivity contribution in [3.63, 3.8) is 0 Å². The molecule has 17 heavy (non-hydrogen) atoms. The quantitative estimate of drug-likeness (QED) is 0.810. The molecule has 0 aliphatic heterocycles. The van der Waals surface area contributed by atoms with Gasteiger partial charge in [-0.05, 0) is 25.5 Å². The van der Waals surface area contributed by atoms with Gasteiger partial charge in [0, 0.05) is 36.1 Å². The molecular weight excluding hydrogens is 230 g/mol. The van der Waals surface area contributed by atoms with Crippen LogP contribution in [0.5, 0.6) is 0 Å². The zero-order valence-corrected chi connectivity index (χ0v) is 11.7. The van der Waals surface area contributed by atoms with Crippen molar-refractivity contribution in [1.29, 1.82) is 0 Å². The Kier molecular flexibility index (Phi) is 4.51. The molecule has 0 unspecified atom stereocenters. The van der Waals surface area contributed by atoms with Crippen molar-refractivity contribution >= 4 is 11.8 Å². The first-order valence-electron chi connectivity index (χ1n) is 6.55. The van der Waals surface area contributed by atoms with Crippen LogP contribution in [0.25, 0.3) is 0 Å². The molecule has 4 heteroatoms. The van der Waals surface area contributed by atoms with E-state index in [-0.39, 0.29) is 0 Å². The second-order valence-electron chi connectivity index (χ2n) is 4.96. The Bertz CT molecular complexity index is 339. The van der Waals surface area contributed by atoms with E-state index in [1.165, 1.54) is 24.8 Å². The van der Waals surface area contributed by atoms with Crippen molar-refractivity contribution in [1.82, 2.24) is 15.1 Å². The summed E-state index contributed by atoms with van der Waals surface area (Å²) in [7, 11) is 0. The van der Waals surface area contributed by atoms with E-state index in [0.717, 1.165) is 26.1 Å². The minimum absolute atomic E-state index is 0.527. The number of hydrogen-bond donors (Lipinski definition) is 1. The van der Waals surface area contributed by atoms with Crippen molar-refractivity contribution in [2.24, 2.45) is 0 Å². The van der Waals surface area contributed by atoms with Crippen LogP contribution in [0.2, 0.25) is 0 Å². The van der Waals surface area contributed by atoms with Crippen LogP contribution in [0.1, 0.15) is 38.2 Å². The lowest BCUT2D eigenvalue weighted by molar-refractivity contribution is 0.345. The summed E-state index contributed by atoms with van der Waals surface area (Å²) in [6.45, 7) is 5.28. The molecule has 1 aromatic rings. The minimum Gasteiger partial charge on any atom is -0.311 e. The number of hydrogen-bond acceptors (Lipinski definition) is 3. The number of nitrogens with zero attached hydrogens (tertiary/aromatic N) is 2. The first kappa shape index (κ1) is 13.0.